The minimum atomic E-state index is -0.210. The molecule has 1 aliphatic carbocycles. The van der Waals surface area contributed by atoms with Gasteiger partial charge in [0.15, 0.2) is 0 Å². The van der Waals surface area contributed by atoms with E-state index in [1.807, 2.05) is 0 Å². The second kappa shape index (κ2) is 6.78. The van der Waals surface area contributed by atoms with Gasteiger partial charge in [-0.1, -0.05) is 36.8 Å². The Morgan fingerprint density at radius 2 is 2.30 bits per heavy atom. The molecule has 1 aromatic rings. The number of aliphatic hydroxyl groups is 1. The SMILES string of the molecule is CC1CCCC1NC(=O)c1ccc(C#CCO)c(Cl)c1. The molecular formula is C16H18ClNO2. The highest BCUT2D eigenvalue weighted by atomic mass is 35.5. The van der Waals surface area contributed by atoms with Crippen molar-refractivity contribution in [3.63, 3.8) is 0 Å². The Balaban J connectivity index is 2.09. The van der Waals surface area contributed by atoms with Crippen LogP contribution in [0.5, 0.6) is 0 Å². The van der Waals surface area contributed by atoms with E-state index < -0.39 is 0 Å². The van der Waals surface area contributed by atoms with Crippen molar-refractivity contribution in [2.45, 2.75) is 32.2 Å². The summed E-state index contributed by atoms with van der Waals surface area (Å²) >= 11 is 6.09. The maximum atomic E-state index is 12.2. The van der Waals surface area contributed by atoms with Crippen LogP contribution in [0.25, 0.3) is 0 Å². The van der Waals surface area contributed by atoms with Crippen LogP contribution in [-0.4, -0.2) is 23.7 Å². The third-order valence-corrected chi connectivity index (χ3v) is 4.02. The first-order valence-corrected chi connectivity index (χ1v) is 7.19. The fraction of sp³-hybridized carbons (Fsp3) is 0.438. The number of carbonyl (C=O) groups excluding carboxylic acids is 1. The molecule has 2 N–H and O–H groups in total. The van der Waals surface area contributed by atoms with E-state index in [1.54, 1.807) is 18.2 Å². The molecule has 20 heavy (non-hydrogen) atoms. The molecule has 4 heteroatoms. The highest BCUT2D eigenvalue weighted by Crippen LogP contribution is 2.25. The summed E-state index contributed by atoms with van der Waals surface area (Å²) in [5.74, 6) is 5.73. The van der Waals surface area contributed by atoms with Crippen LogP contribution in [0, 0.1) is 17.8 Å². The van der Waals surface area contributed by atoms with Crippen molar-refractivity contribution in [3.8, 4) is 11.8 Å². The third kappa shape index (κ3) is 3.53. The van der Waals surface area contributed by atoms with Crippen molar-refractivity contribution in [2.75, 3.05) is 6.61 Å². The van der Waals surface area contributed by atoms with Gasteiger partial charge in [0.05, 0.1) is 5.02 Å². The molecule has 2 rings (SSSR count). The second-order valence-electron chi connectivity index (χ2n) is 5.14. The summed E-state index contributed by atoms with van der Waals surface area (Å²) in [6.45, 7) is 1.95. The fourth-order valence-electron chi connectivity index (χ4n) is 2.50. The molecule has 1 saturated carbocycles. The van der Waals surface area contributed by atoms with E-state index in [2.05, 4.69) is 24.1 Å². The van der Waals surface area contributed by atoms with Crippen molar-refractivity contribution >= 4 is 17.5 Å². The molecule has 0 heterocycles. The molecule has 1 amide bonds. The highest BCUT2D eigenvalue weighted by Gasteiger charge is 2.25. The molecule has 0 spiro atoms. The maximum absolute atomic E-state index is 12.2. The predicted octanol–water partition coefficient (Wildman–Crippen LogP) is 2.60. The first-order chi connectivity index (χ1) is 9.61. The van der Waals surface area contributed by atoms with Crippen molar-refractivity contribution in [2.24, 2.45) is 5.92 Å². The van der Waals surface area contributed by atoms with Crippen LogP contribution in [-0.2, 0) is 0 Å². The van der Waals surface area contributed by atoms with Crippen molar-refractivity contribution in [1.82, 2.24) is 5.32 Å². The maximum Gasteiger partial charge on any atom is 0.251 e. The van der Waals surface area contributed by atoms with Gasteiger partial charge in [0.2, 0.25) is 0 Å². The number of nitrogens with one attached hydrogen (secondary N) is 1. The van der Waals surface area contributed by atoms with E-state index in [1.165, 1.54) is 12.8 Å². The van der Waals surface area contributed by atoms with Crippen LogP contribution in [0.15, 0.2) is 18.2 Å². The lowest BCUT2D eigenvalue weighted by Gasteiger charge is -2.17. The van der Waals surface area contributed by atoms with Crippen molar-refractivity contribution < 1.29 is 9.90 Å². The molecule has 1 aromatic carbocycles. The standard InChI is InChI=1S/C16H18ClNO2/c1-11-4-2-6-15(11)18-16(20)13-8-7-12(5-3-9-19)14(17)10-13/h7-8,10-11,15,19H,2,4,6,9H2,1H3,(H,18,20). The number of halogens is 1. The zero-order valence-corrected chi connectivity index (χ0v) is 12.2. The van der Waals surface area contributed by atoms with E-state index >= 15 is 0 Å². The minimum absolute atomic E-state index is 0.0904. The monoisotopic (exact) mass is 291 g/mol. The molecule has 3 nitrogen and oxygen atoms in total. The van der Waals surface area contributed by atoms with Gasteiger partial charge in [-0.05, 0) is 37.0 Å². The van der Waals surface area contributed by atoms with Gasteiger partial charge in [0.1, 0.15) is 6.61 Å². The number of hydrogen-bond donors (Lipinski definition) is 2. The Bertz CT molecular complexity index is 559. The minimum Gasteiger partial charge on any atom is -0.384 e. The first-order valence-electron chi connectivity index (χ1n) is 6.82. The Hall–Kier alpha value is -1.50. The van der Waals surface area contributed by atoms with Crippen LogP contribution in [0.1, 0.15) is 42.1 Å². The number of amides is 1. The summed E-state index contributed by atoms with van der Waals surface area (Å²) in [5, 5.41) is 12.2. The Morgan fingerprint density at radius 1 is 1.50 bits per heavy atom. The largest absolute Gasteiger partial charge is 0.384 e. The van der Waals surface area contributed by atoms with Gasteiger partial charge in [0, 0.05) is 17.2 Å². The summed E-state index contributed by atoms with van der Waals surface area (Å²) in [6.07, 6.45) is 3.38. The molecule has 0 aliphatic heterocycles. The van der Waals surface area contributed by atoms with E-state index in [4.69, 9.17) is 16.7 Å². The molecule has 106 valence electrons. The highest BCUT2D eigenvalue weighted by molar-refractivity contribution is 6.32. The lowest BCUT2D eigenvalue weighted by molar-refractivity contribution is 0.0929. The Kier molecular flexibility index (Phi) is 5.05. The zero-order chi connectivity index (χ0) is 14.5. The van der Waals surface area contributed by atoms with Gasteiger partial charge < -0.3 is 10.4 Å². The van der Waals surface area contributed by atoms with Crippen LogP contribution >= 0.6 is 11.6 Å². The van der Waals surface area contributed by atoms with Crippen LogP contribution in [0.2, 0.25) is 5.02 Å². The molecular weight excluding hydrogens is 274 g/mol. The van der Waals surface area contributed by atoms with E-state index in [0.717, 1.165) is 6.42 Å². The van der Waals surface area contributed by atoms with Gasteiger partial charge in [-0.25, -0.2) is 0 Å². The summed E-state index contributed by atoms with van der Waals surface area (Å²) in [6, 6.07) is 5.30. The third-order valence-electron chi connectivity index (χ3n) is 3.71. The topological polar surface area (TPSA) is 49.3 Å². The van der Waals surface area contributed by atoms with Crippen molar-refractivity contribution in [3.05, 3.63) is 34.3 Å². The van der Waals surface area contributed by atoms with Gasteiger partial charge in [-0.2, -0.15) is 0 Å². The Labute approximate surface area is 124 Å². The van der Waals surface area contributed by atoms with Crippen molar-refractivity contribution in [1.29, 1.82) is 0 Å². The van der Waals surface area contributed by atoms with Gasteiger partial charge in [-0.3, -0.25) is 4.79 Å². The normalized spacial score (nSPS) is 21.1. The van der Waals surface area contributed by atoms with Crippen LogP contribution < -0.4 is 5.32 Å². The molecule has 0 saturated heterocycles. The van der Waals surface area contributed by atoms with Gasteiger partial charge >= 0.3 is 0 Å². The summed E-state index contributed by atoms with van der Waals surface area (Å²) < 4.78 is 0. The first kappa shape index (κ1) is 14.9. The second-order valence-corrected chi connectivity index (χ2v) is 5.55. The number of carbonyl (C=O) groups is 1. The summed E-state index contributed by atoms with van der Waals surface area (Å²) in [4.78, 5) is 12.2. The zero-order valence-electron chi connectivity index (χ0n) is 11.4. The molecule has 0 radical (unpaired) electrons. The summed E-state index contributed by atoms with van der Waals surface area (Å²) in [5.41, 5.74) is 1.16. The molecule has 2 atom stereocenters. The van der Waals surface area contributed by atoms with E-state index in [9.17, 15) is 4.79 Å². The number of benzene rings is 1. The quantitative estimate of drug-likeness (QED) is 0.823. The molecule has 2 unspecified atom stereocenters. The van der Waals surface area contributed by atoms with Gasteiger partial charge in [-0.15, -0.1) is 0 Å². The summed E-state index contributed by atoms with van der Waals surface area (Å²) in [7, 11) is 0. The lowest BCUT2D eigenvalue weighted by atomic mass is 10.1. The Morgan fingerprint density at radius 3 is 2.90 bits per heavy atom. The smallest absolute Gasteiger partial charge is 0.251 e. The fourth-order valence-corrected chi connectivity index (χ4v) is 2.73. The number of aliphatic hydroxyl groups excluding tert-OH is 1. The lowest BCUT2D eigenvalue weighted by Crippen LogP contribution is -2.36. The molecule has 1 aliphatic rings. The molecule has 0 aromatic heterocycles. The average molecular weight is 292 g/mol. The van der Waals surface area contributed by atoms with Gasteiger partial charge in [0.25, 0.3) is 5.91 Å². The van der Waals surface area contributed by atoms with E-state index in [-0.39, 0.29) is 18.6 Å². The van der Waals surface area contributed by atoms with E-state index in [0.29, 0.717) is 22.1 Å². The number of hydrogen-bond acceptors (Lipinski definition) is 2. The van der Waals surface area contributed by atoms with Crippen LogP contribution in [0.3, 0.4) is 0 Å². The van der Waals surface area contributed by atoms with Crippen LogP contribution in [0.4, 0.5) is 0 Å². The molecule has 1 fully saturated rings. The predicted molar refractivity (Wildman–Crippen MR) is 79.7 cm³/mol. The number of rotatable bonds is 2. The molecule has 0 bridgehead atoms. The average Bonchev–Trinajstić information content (AvgIpc) is 2.83.